The predicted octanol–water partition coefficient (Wildman–Crippen LogP) is 6.10. The number of hydrogen-bond acceptors (Lipinski definition) is 3. The molecule has 1 aromatic heterocycles. The third-order valence-electron chi connectivity index (χ3n) is 5.25. The molecular weight excluding hydrogens is 471 g/mol. The predicted molar refractivity (Wildman–Crippen MR) is 138 cm³/mol. The third kappa shape index (κ3) is 6.39. The van der Waals surface area contributed by atoms with E-state index >= 15 is 0 Å². The second-order valence-corrected chi connectivity index (χ2v) is 10.4. The second-order valence-electron chi connectivity index (χ2n) is 9.56. The molecule has 0 fully saturated rings. The molecule has 8 heteroatoms. The topological polar surface area (TPSA) is 67.2 Å². The lowest BCUT2D eigenvalue weighted by Crippen LogP contribution is -2.39. The zero-order valence-corrected chi connectivity index (χ0v) is 21.6. The average Bonchev–Trinajstić information content (AvgIpc) is 3.19. The van der Waals surface area contributed by atoms with E-state index in [1.165, 1.54) is 0 Å². The summed E-state index contributed by atoms with van der Waals surface area (Å²) in [5, 5.41) is 8.47. The molecule has 3 aromatic rings. The number of carbonyl (C=O) groups excluding carboxylic acids is 2. The van der Waals surface area contributed by atoms with Crippen LogP contribution in [0.1, 0.15) is 45.9 Å². The number of hydrogen-bond donors (Lipinski definition) is 1. The minimum Gasteiger partial charge on any atom is -0.329 e. The molecule has 1 heterocycles. The monoisotopic (exact) mass is 500 g/mol. The lowest BCUT2D eigenvalue weighted by Gasteiger charge is -2.24. The molecule has 0 bridgehead atoms. The van der Waals surface area contributed by atoms with Crippen molar-refractivity contribution in [3.05, 3.63) is 75.9 Å². The fourth-order valence-corrected chi connectivity index (χ4v) is 3.68. The molecule has 34 heavy (non-hydrogen) atoms. The number of nitrogens with one attached hydrogen (secondary N) is 1. The van der Waals surface area contributed by atoms with Gasteiger partial charge in [0.2, 0.25) is 11.8 Å². The maximum Gasteiger partial charge on any atom is 0.245 e. The number of anilines is 1. The van der Waals surface area contributed by atoms with Gasteiger partial charge in [0.1, 0.15) is 12.4 Å². The van der Waals surface area contributed by atoms with Crippen LogP contribution in [0.25, 0.3) is 5.69 Å². The standard InChI is InChI=1S/C26H30Cl2N4O2/c1-17(2)25(34)31(15-18-9-7-6-8-10-18)16-24(33)29-23-14-22(26(3,4)5)30-32(23)19-11-12-20(27)21(28)13-19/h6-14,17H,15-16H2,1-5H3,(H,29,33). The van der Waals surface area contributed by atoms with Crippen molar-refractivity contribution in [1.29, 1.82) is 0 Å². The Morgan fingerprint density at radius 3 is 2.29 bits per heavy atom. The van der Waals surface area contributed by atoms with Crippen molar-refractivity contribution in [2.45, 2.75) is 46.6 Å². The highest BCUT2D eigenvalue weighted by molar-refractivity contribution is 6.42. The van der Waals surface area contributed by atoms with Crippen LogP contribution < -0.4 is 5.32 Å². The fourth-order valence-electron chi connectivity index (χ4n) is 3.39. The summed E-state index contributed by atoms with van der Waals surface area (Å²) >= 11 is 12.3. The van der Waals surface area contributed by atoms with Crippen LogP contribution in [0, 0.1) is 5.92 Å². The van der Waals surface area contributed by atoms with Crippen LogP contribution in [0.5, 0.6) is 0 Å². The van der Waals surface area contributed by atoms with Crippen molar-refractivity contribution in [2.75, 3.05) is 11.9 Å². The fraction of sp³-hybridized carbons (Fsp3) is 0.346. The van der Waals surface area contributed by atoms with E-state index in [2.05, 4.69) is 5.32 Å². The number of amides is 2. The molecule has 0 spiro atoms. The highest BCUT2D eigenvalue weighted by Crippen LogP contribution is 2.29. The first-order valence-corrected chi connectivity index (χ1v) is 11.9. The number of rotatable bonds is 7. The smallest absolute Gasteiger partial charge is 0.245 e. The summed E-state index contributed by atoms with van der Waals surface area (Å²) in [6.07, 6.45) is 0. The van der Waals surface area contributed by atoms with Gasteiger partial charge in [-0.3, -0.25) is 9.59 Å². The van der Waals surface area contributed by atoms with E-state index in [4.69, 9.17) is 28.3 Å². The molecule has 2 aromatic carbocycles. The zero-order chi connectivity index (χ0) is 25.0. The van der Waals surface area contributed by atoms with Gasteiger partial charge in [-0.15, -0.1) is 0 Å². The minimum absolute atomic E-state index is 0.0800. The summed E-state index contributed by atoms with van der Waals surface area (Å²) in [6, 6.07) is 16.6. The van der Waals surface area contributed by atoms with Crippen LogP contribution in [-0.2, 0) is 21.5 Å². The maximum absolute atomic E-state index is 13.1. The van der Waals surface area contributed by atoms with E-state index in [1.807, 2.05) is 71.0 Å². The largest absolute Gasteiger partial charge is 0.329 e. The lowest BCUT2D eigenvalue weighted by atomic mass is 9.92. The first kappa shape index (κ1) is 25.8. The van der Waals surface area contributed by atoms with Crippen molar-refractivity contribution >= 4 is 40.8 Å². The van der Waals surface area contributed by atoms with Gasteiger partial charge in [-0.2, -0.15) is 5.10 Å². The SMILES string of the molecule is CC(C)C(=O)N(CC(=O)Nc1cc(C(C)(C)C)nn1-c1ccc(Cl)c(Cl)c1)Cc1ccccc1. The van der Waals surface area contributed by atoms with Gasteiger partial charge in [0.05, 0.1) is 21.4 Å². The first-order chi connectivity index (χ1) is 16.0. The van der Waals surface area contributed by atoms with Crippen molar-refractivity contribution in [3.63, 3.8) is 0 Å². The normalized spacial score (nSPS) is 11.5. The Kier molecular flexibility index (Phi) is 8.05. The number of benzene rings is 2. The van der Waals surface area contributed by atoms with Crippen molar-refractivity contribution in [2.24, 2.45) is 5.92 Å². The van der Waals surface area contributed by atoms with Gasteiger partial charge in [0, 0.05) is 23.9 Å². The third-order valence-corrected chi connectivity index (χ3v) is 5.99. The van der Waals surface area contributed by atoms with Crippen LogP contribution in [0.3, 0.4) is 0 Å². The van der Waals surface area contributed by atoms with Crippen LogP contribution in [-0.4, -0.2) is 33.0 Å². The highest BCUT2D eigenvalue weighted by Gasteiger charge is 2.24. The molecule has 0 atom stereocenters. The Bertz CT molecular complexity index is 1170. The van der Waals surface area contributed by atoms with Crippen LogP contribution in [0.2, 0.25) is 10.0 Å². The molecule has 0 saturated carbocycles. The number of nitrogens with zero attached hydrogens (tertiary/aromatic N) is 3. The van der Waals surface area contributed by atoms with Gasteiger partial charge >= 0.3 is 0 Å². The molecule has 6 nitrogen and oxygen atoms in total. The molecule has 0 aliphatic heterocycles. The molecule has 0 unspecified atom stereocenters. The van der Waals surface area contributed by atoms with E-state index < -0.39 is 0 Å². The van der Waals surface area contributed by atoms with E-state index in [1.54, 1.807) is 27.8 Å². The van der Waals surface area contributed by atoms with Gasteiger partial charge in [-0.05, 0) is 23.8 Å². The summed E-state index contributed by atoms with van der Waals surface area (Å²) < 4.78 is 1.63. The lowest BCUT2D eigenvalue weighted by molar-refractivity contribution is -0.138. The van der Waals surface area contributed by atoms with Crippen LogP contribution in [0.15, 0.2) is 54.6 Å². The number of carbonyl (C=O) groups is 2. The quantitative estimate of drug-likeness (QED) is 0.426. The summed E-state index contributed by atoms with van der Waals surface area (Å²) in [7, 11) is 0. The molecule has 2 amide bonds. The van der Waals surface area contributed by atoms with Crippen molar-refractivity contribution < 1.29 is 9.59 Å². The Labute approximate surface area is 210 Å². The second kappa shape index (κ2) is 10.6. The Hall–Kier alpha value is -2.83. The minimum atomic E-state index is -0.313. The van der Waals surface area contributed by atoms with E-state index in [0.717, 1.165) is 11.3 Å². The molecule has 0 radical (unpaired) electrons. The summed E-state index contributed by atoms with van der Waals surface area (Å²) in [6.45, 7) is 10.1. The molecule has 180 valence electrons. The maximum atomic E-state index is 13.1. The first-order valence-electron chi connectivity index (χ1n) is 11.1. The molecular formula is C26H30Cl2N4O2. The summed E-state index contributed by atoms with van der Waals surface area (Å²) in [4.78, 5) is 27.5. The summed E-state index contributed by atoms with van der Waals surface area (Å²) in [5.41, 5.74) is 2.18. The van der Waals surface area contributed by atoms with Crippen LogP contribution in [0.4, 0.5) is 5.82 Å². The van der Waals surface area contributed by atoms with E-state index in [-0.39, 0.29) is 29.7 Å². The Balaban J connectivity index is 1.89. The van der Waals surface area contributed by atoms with E-state index in [0.29, 0.717) is 28.1 Å². The zero-order valence-electron chi connectivity index (χ0n) is 20.1. The van der Waals surface area contributed by atoms with Crippen molar-refractivity contribution in [3.8, 4) is 5.69 Å². The summed E-state index contributed by atoms with van der Waals surface area (Å²) in [5.74, 6) is -0.144. The van der Waals surface area contributed by atoms with Gasteiger partial charge in [-0.1, -0.05) is 88.2 Å². The van der Waals surface area contributed by atoms with Gasteiger partial charge in [0.25, 0.3) is 0 Å². The van der Waals surface area contributed by atoms with Crippen molar-refractivity contribution in [1.82, 2.24) is 14.7 Å². The number of aromatic nitrogens is 2. The molecule has 0 aliphatic carbocycles. The number of halogens is 2. The average molecular weight is 501 g/mol. The highest BCUT2D eigenvalue weighted by atomic mass is 35.5. The molecule has 1 N–H and O–H groups in total. The molecule has 0 saturated heterocycles. The van der Waals surface area contributed by atoms with Gasteiger partial charge in [0.15, 0.2) is 0 Å². The Morgan fingerprint density at radius 2 is 1.71 bits per heavy atom. The van der Waals surface area contributed by atoms with E-state index in [9.17, 15) is 9.59 Å². The van der Waals surface area contributed by atoms with Gasteiger partial charge < -0.3 is 10.2 Å². The van der Waals surface area contributed by atoms with Gasteiger partial charge in [-0.25, -0.2) is 4.68 Å². The molecule has 0 aliphatic rings. The van der Waals surface area contributed by atoms with Crippen LogP contribution >= 0.6 is 23.2 Å². The Morgan fingerprint density at radius 1 is 1.03 bits per heavy atom. The molecule has 3 rings (SSSR count).